The summed E-state index contributed by atoms with van der Waals surface area (Å²) in [6.07, 6.45) is 2.24. The summed E-state index contributed by atoms with van der Waals surface area (Å²) in [7, 11) is 1.68. The molecule has 12 heavy (non-hydrogen) atoms. The second kappa shape index (κ2) is 7.03. The van der Waals surface area contributed by atoms with Crippen LogP contribution in [-0.2, 0) is 4.74 Å². The van der Waals surface area contributed by atoms with E-state index in [9.17, 15) is 4.91 Å². The Bertz CT molecular complexity index is 118. The molecule has 0 atom stereocenters. The second-order valence-corrected chi connectivity index (χ2v) is 3.09. The first-order chi connectivity index (χ1) is 5.66. The van der Waals surface area contributed by atoms with Crippen LogP contribution in [0.15, 0.2) is 5.29 Å². The van der Waals surface area contributed by atoms with Crippen molar-refractivity contribution in [3.63, 3.8) is 0 Å². The molecule has 0 saturated heterocycles. The minimum Gasteiger partial charge on any atom is -0.379 e. The van der Waals surface area contributed by atoms with Crippen LogP contribution < -0.4 is 0 Å². The van der Waals surface area contributed by atoms with Crippen LogP contribution >= 0.6 is 0 Å². The summed E-state index contributed by atoms with van der Waals surface area (Å²) in [4.78, 5) is 9.92. The van der Waals surface area contributed by atoms with Gasteiger partial charge in [-0.3, -0.25) is 5.01 Å². The summed E-state index contributed by atoms with van der Waals surface area (Å²) < 4.78 is 5.33. The summed E-state index contributed by atoms with van der Waals surface area (Å²) in [6, 6.07) is 0. The summed E-state index contributed by atoms with van der Waals surface area (Å²) >= 11 is 0. The van der Waals surface area contributed by atoms with Crippen LogP contribution in [0.2, 0.25) is 0 Å². The Balaban J connectivity index is 3.05. The molecule has 0 radical (unpaired) electrons. The van der Waals surface area contributed by atoms with Gasteiger partial charge in [0.25, 0.3) is 0 Å². The first-order valence-electron chi connectivity index (χ1n) is 4.33. The molecule has 0 unspecified atom stereocenters. The van der Waals surface area contributed by atoms with Crippen LogP contribution in [0.25, 0.3) is 0 Å². The first-order valence-corrected chi connectivity index (χ1v) is 4.33. The fraction of sp³-hybridized carbons (Fsp3) is 1.00. The van der Waals surface area contributed by atoms with Gasteiger partial charge in [0.2, 0.25) is 0 Å². The monoisotopic (exact) mass is 174 g/mol. The second-order valence-electron chi connectivity index (χ2n) is 3.09. The maximum atomic E-state index is 9.92. The van der Waals surface area contributed by atoms with Gasteiger partial charge in [0, 0.05) is 20.2 Å². The zero-order valence-corrected chi connectivity index (χ0v) is 8.12. The number of unbranched alkanes of at least 4 members (excludes halogenated alkanes) is 1. The van der Waals surface area contributed by atoms with E-state index in [0.717, 1.165) is 19.4 Å². The number of nitrogens with zero attached hydrogens (tertiary/aromatic N) is 2. The molecule has 0 heterocycles. The Morgan fingerprint density at radius 1 is 1.42 bits per heavy atom. The Morgan fingerprint density at radius 3 is 2.58 bits per heavy atom. The van der Waals surface area contributed by atoms with Crippen LogP contribution in [0.4, 0.5) is 0 Å². The van der Waals surface area contributed by atoms with Crippen LogP contribution in [0, 0.1) is 4.91 Å². The fourth-order valence-electron chi connectivity index (χ4n) is 0.803. The number of ether oxygens (including phenoxy) is 1. The van der Waals surface area contributed by atoms with Crippen LogP contribution in [-0.4, -0.2) is 31.3 Å². The molecule has 0 aliphatic carbocycles. The lowest BCUT2D eigenvalue weighted by Crippen LogP contribution is -2.12. The van der Waals surface area contributed by atoms with E-state index in [0.29, 0.717) is 12.6 Å². The Morgan fingerprint density at radius 2 is 2.08 bits per heavy atom. The van der Waals surface area contributed by atoms with Gasteiger partial charge in [0.05, 0.1) is 11.4 Å². The van der Waals surface area contributed by atoms with Crippen molar-refractivity contribution >= 4 is 0 Å². The minimum absolute atomic E-state index is 0.298. The van der Waals surface area contributed by atoms with E-state index in [-0.39, 0.29) is 0 Å². The molecule has 0 rings (SSSR count). The van der Waals surface area contributed by atoms with Crippen molar-refractivity contribution in [2.45, 2.75) is 32.8 Å². The molecule has 4 heteroatoms. The Hall–Kier alpha value is -0.640. The summed E-state index contributed by atoms with van der Waals surface area (Å²) in [5.41, 5.74) is 0. The fourth-order valence-corrected chi connectivity index (χ4v) is 0.803. The molecule has 0 amide bonds. The highest BCUT2D eigenvalue weighted by Crippen LogP contribution is 1.96. The molecule has 0 fully saturated rings. The average molecular weight is 174 g/mol. The lowest BCUT2D eigenvalue weighted by molar-refractivity contribution is 0.0747. The van der Waals surface area contributed by atoms with Crippen molar-refractivity contribution in [1.29, 1.82) is 0 Å². The topological polar surface area (TPSA) is 41.9 Å². The van der Waals surface area contributed by atoms with E-state index in [1.165, 1.54) is 5.01 Å². The molecule has 72 valence electrons. The van der Waals surface area contributed by atoms with Crippen molar-refractivity contribution in [1.82, 2.24) is 5.01 Å². The number of nitroso groups, excluding NO2 is 1. The molecule has 0 bridgehead atoms. The van der Waals surface area contributed by atoms with Crippen molar-refractivity contribution in [3.05, 3.63) is 4.91 Å². The number of rotatable bonds is 7. The summed E-state index contributed by atoms with van der Waals surface area (Å²) in [5.74, 6) is 0. The third-order valence-electron chi connectivity index (χ3n) is 1.47. The van der Waals surface area contributed by atoms with Crippen molar-refractivity contribution < 1.29 is 4.74 Å². The van der Waals surface area contributed by atoms with Gasteiger partial charge in [-0.05, 0) is 26.7 Å². The Kier molecular flexibility index (Phi) is 6.66. The largest absolute Gasteiger partial charge is 0.379 e. The highest BCUT2D eigenvalue weighted by molar-refractivity contribution is 4.46. The van der Waals surface area contributed by atoms with E-state index in [4.69, 9.17) is 4.74 Å². The molecular weight excluding hydrogens is 156 g/mol. The van der Waals surface area contributed by atoms with E-state index in [1.54, 1.807) is 7.05 Å². The average Bonchev–Trinajstić information content (AvgIpc) is 2.03. The lowest BCUT2D eigenvalue weighted by atomic mass is 10.3. The van der Waals surface area contributed by atoms with Crippen molar-refractivity contribution in [2.75, 3.05) is 20.2 Å². The van der Waals surface area contributed by atoms with Gasteiger partial charge in [-0.15, -0.1) is 4.91 Å². The van der Waals surface area contributed by atoms with Gasteiger partial charge in [-0.25, -0.2) is 0 Å². The molecule has 0 N–H and O–H groups in total. The molecule has 0 aliphatic rings. The minimum atomic E-state index is 0.298. The van der Waals surface area contributed by atoms with E-state index in [1.807, 2.05) is 13.8 Å². The third-order valence-corrected chi connectivity index (χ3v) is 1.47. The predicted octanol–water partition coefficient (Wildman–Crippen LogP) is 1.80. The van der Waals surface area contributed by atoms with E-state index < -0.39 is 0 Å². The van der Waals surface area contributed by atoms with E-state index >= 15 is 0 Å². The smallest absolute Gasteiger partial charge is 0.0521 e. The van der Waals surface area contributed by atoms with Gasteiger partial charge in [-0.2, -0.15) is 0 Å². The molecule has 0 spiro atoms. The zero-order valence-electron chi connectivity index (χ0n) is 8.12. The van der Waals surface area contributed by atoms with Crippen LogP contribution in [0.5, 0.6) is 0 Å². The number of hydrogen-bond acceptors (Lipinski definition) is 3. The third kappa shape index (κ3) is 7.47. The molecule has 4 nitrogen and oxygen atoms in total. The molecular formula is C8H18N2O2. The molecule has 0 aromatic rings. The van der Waals surface area contributed by atoms with Gasteiger partial charge in [0.1, 0.15) is 0 Å². The SMILES string of the molecule is CC(C)OCCCCN(C)N=O. The first kappa shape index (κ1) is 11.4. The molecule has 0 saturated carbocycles. The highest BCUT2D eigenvalue weighted by atomic mass is 16.5. The predicted molar refractivity (Wildman–Crippen MR) is 48.7 cm³/mol. The van der Waals surface area contributed by atoms with Gasteiger partial charge in [-0.1, -0.05) is 0 Å². The Labute approximate surface area is 73.8 Å². The molecule has 0 aliphatic heterocycles. The standard InChI is InChI=1S/C8H18N2O2/c1-8(2)12-7-5-4-6-10(3)9-11/h8H,4-7H2,1-3H3. The van der Waals surface area contributed by atoms with Gasteiger partial charge >= 0.3 is 0 Å². The zero-order chi connectivity index (χ0) is 9.40. The van der Waals surface area contributed by atoms with Gasteiger partial charge < -0.3 is 4.74 Å². The maximum absolute atomic E-state index is 9.92. The highest BCUT2D eigenvalue weighted by Gasteiger charge is 1.95. The van der Waals surface area contributed by atoms with E-state index in [2.05, 4.69) is 5.29 Å². The normalized spacial score (nSPS) is 10.3. The quantitative estimate of drug-likeness (QED) is 0.336. The lowest BCUT2D eigenvalue weighted by Gasteiger charge is -2.09. The van der Waals surface area contributed by atoms with Crippen LogP contribution in [0.1, 0.15) is 26.7 Å². The summed E-state index contributed by atoms with van der Waals surface area (Å²) in [5, 5.41) is 4.16. The van der Waals surface area contributed by atoms with Crippen LogP contribution in [0.3, 0.4) is 0 Å². The molecule has 0 aromatic heterocycles. The summed E-state index contributed by atoms with van der Waals surface area (Å²) in [6.45, 7) is 5.51. The molecule has 0 aromatic carbocycles. The van der Waals surface area contributed by atoms with Gasteiger partial charge in [0.15, 0.2) is 0 Å². The number of hydrogen-bond donors (Lipinski definition) is 0. The van der Waals surface area contributed by atoms with Crippen molar-refractivity contribution in [3.8, 4) is 0 Å². The maximum Gasteiger partial charge on any atom is 0.0521 e. The van der Waals surface area contributed by atoms with Crippen molar-refractivity contribution in [2.24, 2.45) is 5.29 Å².